The van der Waals surface area contributed by atoms with Crippen molar-refractivity contribution >= 4 is 39.5 Å². The van der Waals surface area contributed by atoms with Gasteiger partial charge in [-0.15, -0.1) is 0 Å². The van der Waals surface area contributed by atoms with Crippen molar-refractivity contribution in [3.8, 4) is 0 Å². The minimum absolute atomic E-state index is 0.0854. The molecule has 0 spiro atoms. The zero-order valence-corrected chi connectivity index (χ0v) is 72.6. The SMILES string of the molecule is CCCCCC/C=C\C=C/CCCCCCCC(=O)O[C@H](COC(=O)CCCCCCCCCCCCCCCCCCCCC(C)CC)COP(=O)(O)OC[C@@H](O)COP(=O)(O)OC[C@@H](COC(=O)CCCCCCCCC(C)C)OC(=O)CCCCCCCCCCCCCCCCCCCCC(C)CC. The molecule has 0 aliphatic heterocycles. The topological polar surface area (TPSA) is 237 Å². The van der Waals surface area contributed by atoms with Gasteiger partial charge < -0.3 is 33.8 Å². The second-order valence-corrected chi connectivity index (χ2v) is 35.2. The van der Waals surface area contributed by atoms with E-state index in [1.54, 1.807) is 0 Å². The quantitative estimate of drug-likeness (QED) is 0.0169. The molecule has 0 amide bonds. The molecule has 0 fully saturated rings. The molecular weight excluding hydrogens is 1400 g/mol. The number of phosphoric acid groups is 2. The standard InChI is InChI=1S/C89H170O17P2/c1-8-11-12-13-14-15-16-17-26-34-39-44-49-58-65-72-88(93)105-84(76-99-86(91)70-63-56-48-43-38-33-29-24-20-18-22-27-31-36-41-46-54-61-68-81(6)9-2)78-103-107(95,96)101-74-83(90)75-102-108(97,98)104-79-85(77-100-87(92)71-64-57-52-51-53-60-67-80(4)5)106-89(94)73-66-59-50-45-40-35-30-25-21-19-23-28-32-37-42-47-55-62-69-82(7)10-3/h15-17,26,80-85,90H,8-14,18-25,27-79H2,1-7H3,(H,95,96)(H,97,98)/b16-15-,26-17-/t81?,82?,83-,84-,85-/m1/s1. The number of esters is 4. The van der Waals surface area contributed by atoms with Crippen molar-refractivity contribution in [1.29, 1.82) is 0 Å². The van der Waals surface area contributed by atoms with Crippen LogP contribution in [0.4, 0.5) is 0 Å². The Morgan fingerprint density at radius 1 is 0.306 bits per heavy atom. The lowest BCUT2D eigenvalue weighted by Crippen LogP contribution is -2.30. The number of carbonyl (C=O) groups is 4. The highest BCUT2D eigenvalue weighted by atomic mass is 31.2. The van der Waals surface area contributed by atoms with E-state index in [9.17, 15) is 43.2 Å². The number of aliphatic hydroxyl groups is 1. The van der Waals surface area contributed by atoms with Gasteiger partial charge in [-0.2, -0.15) is 0 Å². The minimum atomic E-state index is -4.97. The van der Waals surface area contributed by atoms with Crippen LogP contribution in [0.5, 0.6) is 0 Å². The predicted octanol–water partition coefficient (Wildman–Crippen LogP) is 26.8. The number of aliphatic hydroxyl groups excluding tert-OH is 1. The Hall–Kier alpha value is -2.46. The molecule has 0 saturated heterocycles. The predicted molar refractivity (Wildman–Crippen MR) is 446 cm³/mol. The van der Waals surface area contributed by atoms with Crippen LogP contribution in [0.2, 0.25) is 0 Å². The number of carbonyl (C=O) groups excluding carboxylic acids is 4. The molecule has 0 saturated carbocycles. The Balaban J connectivity index is 5.18. The zero-order chi connectivity index (χ0) is 79.3. The lowest BCUT2D eigenvalue weighted by Gasteiger charge is -2.21. The lowest BCUT2D eigenvalue weighted by atomic mass is 9.99. The van der Waals surface area contributed by atoms with E-state index in [1.165, 1.54) is 238 Å². The normalized spacial score (nSPS) is 14.5. The Kier molecular flexibility index (Phi) is 76.6. The summed E-state index contributed by atoms with van der Waals surface area (Å²) >= 11 is 0. The third-order valence-electron chi connectivity index (χ3n) is 21.0. The van der Waals surface area contributed by atoms with E-state index in [0.29, 0.717) is 31.6 Å². The van der Waals surface area contributed by atoms with Crippen LogP contribution in [0.1, 0.15) is 447 Å². The second-order valence-electron chi connectivity index (χ2n) is 32.3. The van der Waals surface area contributed by atoms with Crippen LogP contribution in [0, 0.1) is 17.8 Å². The average molecular weight is 1570 g/mol. The van der Waals surface area contributed by atoms with E-state index < -0.39 is 97.5 Å². The van der Waals surface area contributed by atoms with Crippen LogP contribution >= 0.6 is 15.6 Å². The fourth-order valence-electron chi connectivity index (χ4n) is 13.3. The highest BCUT2D eigenvalue weighted by molar-refractivity contribution is 7.47. The summed E-state index contributed by atoms with van der Waals surface area (Å²) in [6, 6.07) is 0. The maximum atomic E-state index is 13.1. The molecule has 0 heterocycles. The highest BCUT2D eigenvalue weighted by Crippen LogP contribution is 2.45. The molecule has 638 valence electrons. The zero-order valence-electron chi connectivity index (χ0n) is 70.8. The first-order valence-corrected chi connectivity index (χ1v) is 48.2. The molecule has 7 atom stereocenters. The maximum absolute atomic E-state index is 13.1. The van der Waals surface area contributed by atoms with Crippen LogP contribution in [-0.4, -0.2) is 96.7 Å². The average Bonchev–Trinajstić information content (AvgIpc) is 0.909. The summed E-state index contributed by atoms with van der Waals surface area (Å²) in [6.45, 7) is 12.0. The van der Waals surface area contributed by atoms with Crippen molar-refractivity contribution in [2.45, 2.75) is 465 Å². The smallest absolute Gasteiger partial charge is 0.462 e. The van der Waals surface area contributed by atoms with E-state index in [4.69, 9.17) is 37.0 Å². The molecular formula is C89H170O17P2. The molecule has 3 N–H and O–H groups in total. The van der Waals surface area contributed by atoms with Gasteiger partial charge in [0.25, 0.3) is 0 Å². The first-order valence-electron chi connectivity index (χ1n) is 45.2. The molecule has 17 nitrogen and oxygen atoms in total. The maximum Gasteiger partial charge on any atom is 0.472 e. The van der Waals surface area contributed by atoms with Crippen molar-refractivity contribution in [2.75, 3.05) is 39.6 Å². The number of phosphoric ester groups is 2. The summed E-state index contributed by atoms with van der Waals surface area (Å²) < 4.78 is 68.8. The van der Waals surface area contributed by atoms with Crippen molar-refractivity contribution in [1.82, 2.24) is 0 Å². The van der Waals surface area contributed by atoms with Gasteiger partial charge >= 0.3 is 39.5 Å². The molecule has 4 unspecified atom stereocenters. The van der Waals surface area contributed by atoms with E-state index in [0.717, 1.165) is 121 Å². The third kappa shape index (κ3) is 78.8. The third-order valence-corrected chi connectivity index (χ3v) is 22.9. The van der Waals surface area contributed by atoms with Gasteiger partial charge in [0.15, 0.2) is 12.2 Å². The van der Waals surface area contributed by atoms with Crippen molar-refractivity contribution in [3.63, 3.8) is 0 Å². The number of rotatable bonds is 85. The van der Waals surface area contributed by atoms with Gasteiger partial charge in [0.2, 0.25) is 0 Å². The van der Waals surface area contributed by atoms with Crippen LogP contribution in [0.25, 0.3) is 0 Å². The van der Waals surface area contributed by atoms with Gasteiger partial charge in [-0.05, 0) is 69.1 Å². The van der Waals surface area contributed by atoms with Crippen LogP contribution < -0.4 is 0 Å². The number of hydrogen-bond acceptors (Lipinski definition) is 15. The van der Waals surface area contributed by atoms with Gasteiger partial charge in [-0.1, -0.05) is 394 Å². The summed E-state index contributed by atoms with van der Waals surface area (Å²) in [5.74, 6) is 0.284. The molecule has 108 heavy (non-hydrogen) atoms. The fraction of sp³-hybridized carbons (Fsp3) is 0.910. The molecule has 0 bridgehead atoms. The van der Waals surface area contributed by atoms with Crippen molar-refractivity contribution < 1.29 is 80.2 Å². The number of allylic oxidation sites excluding steroid dienone is 4. The number of ether oxygens (including phenoxy) is 4. The van der Waals surface area contributed by atoms with Crippen molar-refractivity contribution in [2.24, 2.45) is 17.8 Å². The van der Waals surface area contributed by atoms with Crippen molar-refractivity contribution in [3.05, 3.63) is 24.3 Å². The van der Waals surface area contributed by atoms with E-state index >= 15 is 0 Å². The molecule has 0 aliphatic rings. The number of unbranched alkanes of at least 4 members (excludes halogenated alkanes) is 48. The van der Waals surface area contributed by atoms with Gasteiger partial charge in [-0.3, -0.25) is 37.3 Å². The second kappa shape index (κ2) is 78.4. The van der Waals surface area contributed by atoms with Gasteiger partial charge in [-0.25, -0.2) is 9.13 Å². The first-order chi connectivity index (χ1) is 52.3. The lowest BCUT2D eigenvalue weighted by molar-refractivity contribution is -0.161. The van der Waals surface area contributed by atoms with Crippen LogP contribution in [-0.2, 0) is 65.4 Å². The monoisotopic (exact) mass is 1570 g/mol. The Bertz CT molecular complexity index is 2180. The summed E-state index contributed by atoms with van der Waals surface area (Å²) in [4.78, 5) is 73.2. The fourth-order valence-corrected chi connectivity index (χ4v) is 14.9. The van der Waals surface area contributed by atoms with Gasteiger partial charge in [0.05, 0.1) is 26.4 Å². The molecule has 0 aromatic rings. The molecule has 0 aliphatic carbocycles. The Morgan fingerprint density at radius 3 is 0.824 bits per heavy atom. The largest absolute Gasteiger partial charge is 0.472 e. The highest BCUT2D eigenvalue weighted by Gasteiger charge is 2.31. The van der Waals surface area contributed by atoms with Crippen LogP contribution in [0.3, 0.4) is 0 Å². The first kappa shape index (κ1) is 106. The summed E-state index contributed by atoms with van der Waals surface area (Å²) in [7, 11) is -9.94. The van der Waals surface area contributed by atoms with E-state index in [-0.39, 0.29) is 25.7 Å². The summed E-state index contributed by atoms with van der Waals surface area (Å²) in [5, 5.41) is 10.7. The molecule has 19 heteroatoms. The van der Waals surface area contributed by atoms with E-state index in [1.807, 2.05) is 0 Å². The summed E-state index contributed by atoms with van der Waals surface area (Å²) in [6.07, 6.45) is 73.3. The molecule has 0 radical (unpaired) electrons. The number of hydrogen-bond donors (Lipinski definition) is 3. The van der Waals surface area contributed by atoms with Gasteiger partial charge in [0, 0.05) is 25.7 Å². The van der Waals surface area contributed by atoms with E-state index in [2.05, 4.69) is 72.8 Å². The minimum Gasteiger partial charge on any atom is -0.462 e. The van der Waals surface area contributed by atoms with Crippen LogP contribution in [0.15, 0.2) is 24.3 Å². The molecule has 0 rings (SSSR count). The Morgan fingerprint density at radius 2 is 0.546 bits per heavy atom. The molecule has 0 aromatic carbocycles. The molecule has 0 aromatic heterocycles. The summed E-state index contributed by atoms with van der Waals surface area (Å²) in [5.41, 5.74) is 0. The Labute approximate surface area is 663 Å². The van der Waals surface area contributed by atoms with Gasteiger partial charge in [0.1, 0.15) is 19.3 Å².